The lowest BCUT2D eigenvalue weighted by atomic mass is 9.89. The molecule has 0 radical (unpaired) electrons. The van der Waals surface area contributed by atoms with Crippen molar-refractivity contribution in [2.24, 2.45) is 5.92 Å². The summed E-state index contributed by atoms with van der Waals surface area (Å²) in [5.41, 5.74) is 3.31. The van der Waals surface area contributed by atoms with Crippen molar-refractivity contribution in [3.8, 4) is 5.75 Å². The molecule has 1 heterocycles. The first-order valence-corrected chi connectivity index (χ1v) is 13.4. The molecule has 3 aromatic carbocycles. The van der Waals surface area contributed by atoms with Crippen molar-refractivity contribution in [2.45, 2.75) is 45.1 Å². The summed E-state index contributed by atoms with van der Waals surface area (Å²) in [6.45, 7) is 6.86. The van der Waals surface area contributed by atoms with Gasteiger partial charge in [-0.15, -0.1) is 0 Å². The molecule has 4 nitrogen and oxygen atoms in total. The summed E-state index contributed by atoms with van der Waals surface area (Å²) >= 11 is 12.2. The van der Waals surface area contributed by atoms with Gasteiger partial charge in [0.15, 0.2) is 0 Å². The molecule has 0 saturated carbocycles. The summed E-state index contributed by atoms with van der Waals surface area (Å²) < 4.78 is 6.38. The van der Waals surface area contributed by atoms with Crippen LogP contribution in [0.25, 0.3) is 0 Å². The molecular formula is C30H34Cl2N2O2. The lowest BCUT2D eigenvalue weighted by Crippen LogP contribution is -2.34. The second-order valence-electron chi connectivity index (χ2n) is 9.79. The topological polar surface area (TPSA) is 41.6 Å². The molecule has 1 unspecified atom stereocenters. The third-order valence-electron chi connectivity index (χ3n) is 6.78. The van der Waals surface area contributed by atoms with E-state index in [9.17, 15) is 4.79 Å². The second kappa shape index (κ2) is 12.6. The molecule has 1 fully saturated rings. The van der Waals surface area contributed by atoms with Crippen LogP contribution in [0.1, 0.15) is 56.3 Å². The van der Waals surface area contributed by atoms with E-state index in [2.05, 4.69) is 22.3 Å². The summed E-state index contributed by atoms with van der Waals surface area (Å²) in [6, 6.07) is 23.8. The fraction of sp³-hybridized carbons (Fsp3) is 0.367. The Morgan fingerprint density at radius 1 is 0.972 bits per heavy atom. The third-order valence-corrected chi connectivity index (χ3v) is 7.28. The van der Waals surface area contributed by atoms with Gasteiger partial charge < -0.3 is 15.0 Å². The van der Waals surface area contributed by atoms with Gasteiger partial charge in [-0.1, -0.05) is 61.3 Å². The zero-order chi connectivity index (χ0) is 25.5. The highest BCUT2D eigenvalue weighted by Crippen LogP contribution is 2.31. The van der Waals surface area contributed by atoms with Gasteiger partial charge in [0.1, 0.15) is 11.9 Å². The van der Waals surface area contributed by atoms with Crippen molar-refractivity contribution in [2.75, 3.05) is 25.0 Å². The van der Waals surface area contributed by atoms with Gasteiger partial charge >= 0.3 is 0 Å². The molecule has 0 bridgehead atoms. The molecule has 1 aliphatic heterocycles. The molecule has 0 spiro atoms. The molecule has 36 heavy (non-hydrogen) atoms. The van der Waals surface area contributed by atoms with E-state index in [4.69, 9.17) is 27.9 Å². The standard InChI is InChI=1S/C30H34Cl2N2O2/c1-21(2)30(35)33-27-5-3-4-24(20-27)22-14-17-34(18-15-22)19-16-29(23-6-8-25(31)9-7-23)36-28-12-10-26(32)11-13-28/h3-13,20-22,29H,14-19H2,1-2H3,(H,33,35). The van der Waals surface area contributed by atoms with E-state index in [1.807, 2.05) is 74.5 Å². The maximum atomic E-state index is 12.1. The molecule has 4 rings (SSSR count). The first-order chi connectivity index (χ1) is 17.4. The fourth-order valence-electron chi connectivity index (χ4n) is 4.60. The Kier molecular flexibility index (Phi) is 9.30. The minimum atomic E-state index is -0.0672. The maximum Gasteiger partial charge on any atom is 0.226 e. The third kappa shape index (κ3) is 7.49. The lowest BCUT2D eigenvalue weighted by Gasteiger charge is -2.33. The van der Waals surface area contributed by atoms with Crippen molar-refractivity contribution in [3.05, 3.63) is 94.0 Å². The van der Waals surface area contributed by atoms with Gasteiger partial charge in [0, 0.05) is 34.6 Å². The molecule has 1 saturated heterocycles. The Morgan fingerprint density at radius 3 is 2.25 bits per heavy atom. The van der Waals surface area contributed by atoms with Crippen LogP contribution in [0.4, 0.5) is 5.69 Å². The number of rotatable bonds is 9. The summed E-state index contributed by atoms with van der Waals surface area (Å²) in [4.78, 5) is 14.6. The normalized spacial score (nSPS) is 15.6. The lowest BCUT2D eigenvalue weighted by molar-refractivity contribution is -0.118. The van der Waals surface area contributed by atoms with Gasteiger partial charge in [-0.2, -0.15) is 0 Å². The Balaban J connectivity index is 1.34. The number of nitrogens with one attached hydrogen (secondary N) is 1. The molecule has 0 aliphatic carbocycles. The molecule has 1 aliphatic rings. The van der Waals surface area contributed by atoms with Crippen molar-refractivity contribution < 1.29 is 9.53 Å². The van der Waals surface area contributed by atoms with Crippen LogP contribution in [-0.4, -0.2) is 30.4 Å². The highest BCUT2D eigenvalue weighted by molar-refractivity contribution is 6.30. The van der Waals surface area contributed by atoms with Gasteiger partial charge in [-0.3, -0.25) is 4.79 Å². The van der Waals surface area contributed by atoms with Gasteiger partial charge in [-0.25, -0.2) is 0 Å². The summed E-state index contributed by atoms with van der Waals surface area (Å²) in [6.07, 6.45) is 3.02. The van der Waals surface area contributed by atoms with Crippen LogP contribution in [0.5, 0.6) is 5.75 Å². The molecular weight excluding hydrogens is 491 g/mol. The Bertz CT molecular complexity index is 1120. The number of hydrogen-bond acceptors (Lipinski definition) is 3. The van der Waals surface area contributed by atoms with E-state index in [1.165, 1.54) is 5.56 Å². The van der Waals surface area contributed by atoms with Crippen LogP contribution in [-0.2, 0) is 4.79 Å². The number of amides is 1. The van der Waals surface area contributed by atoms with Gasteiger partial charge in [0.2, 0.25) is 5.91 Å². The van der Waals surface area contributed by atoms with E-state index in [0.29, 0.717) is 10.9 Å². The zero-order valence-electron chi connectivity index (χ0n) is 20.9. The molecule has 190 valence electrons. The van der Waals surface area contributed by atoms with Gasteiger partial charge in [-0.05, 0) is 91.5 Å². The predicted octanol–water partition coefficient (Wildman–Crippen LogP) is 7.98. The van der Waals surface area contributed by atoms with Gasteiger partial charge in [0.25, 0.3) is 0 Å². The first-order valence-electron chi connectivity index (χ1n) is 12.7. The summed E-state index contributed by atoms with van der Waals surface area (Å²) in [5, 5.41) is 4.44. The largest absolute Gasteiger partial charge is 0.486 e. The quantitative estimate of drug-likeness (QED) is 0.308. The number of piperidine rings is 1. The molecule has 0 aromatic heterocycles. The van der Waals surface area contributed by atoms with Crippen molar-refractivity contribution in [1.29, 1.82) is 0 Å². The number of nitrogens with zero attached hydrogens (tertiary/aromatic N) is 1. The second-order valence-corrected chi connectivity index (χ2v) is 10.7. The van der Waals surface area contributed by atoms with Crippen LogP contribution in [0, 0.1) is 5.92 Å². The van der Waals surface area contributed by atoms with E-state index in [1.54, 1.807) is 0 Å². The number of carbonyl (C=O) groups excluding carboxylic acids is 1. The Hall–Kier alpha value is -2.53. The zero-order valence-corrected chi connectivity index (χ0v) is 22.4. The van der Waals surface area contributed by atoms with Gasteiger partial charge in [0.05, 0.1) is 0 Å². The fourth-order valence-corrected chi connectivity index (χ4v) is 4.85. The average Bonchev–Trinajstić information content (AvgIpc) is 2.88. The minimum absolute atomic E-state index is 0.0303. The molecule has 1 N–H and O–H groups in total. The molecule has 6 heteroatoms. The monoisotopic (exact) mass is 524 g/mol. The van der Waals surface area contributed by atoms with Crippen molar-refractivity contribution in [3.63, 3.8) is 0 Å². The Morgan fingerprint density at radius 2 is 1.61 bits per heavy atom. The van der Waals surface area contributed by atoms with Crippen LogP contribution >= 0.6 is 23.2 Å². The SMILES string of the molecule is CC(C)C(=O)Nc1cccc(C2CCN(CCC(Oc3ccc(Cl)cc3)c3ccc(Cl)cc3)CC2)c1. The average molecular weight is 526 g/mol. The van der Waals surface area contributed by atoms with Crippen LogP contribution in [0.15, 0.2) is 72.8 Å². The highest BCUT2D eigenvalue weighted by Gasteiger charge is 2.23. The van der Waals surface area contributed by atoms with E-state index in [-0.39, 0.29) is 17.9 Å². The Labute approximate surface area is 224 Å². The number of anilines is 1. The maximum absolute atomic E-state index is 12.1. The molecule has 1 atom stereocenters. The van der Waals surface area contributed by atoms with Crippen LogP contribution in [0.2, 0.25) is 10.0 Å². The van der Waals surface area contributed by atoms with Crippen LogP contribution < -0.4 is 10.1 Å². The van der Waals surface area contributed by atoms with E-state index in [0.717, 1.165) is 60.9 Å². The van der Waals surface area contributed by atoms with Crippen molar-refractivity contribution in [1.82, 2.24) is 4.90 Å². The van der Waals surface area contributed by atoms with Crippen molar-refractivity contribution >= 4 is 34.8 Å². The minimum Gasteiger partial charge on any atom is -0.486 e. The number of halogens is 2. The number of likely N-dealkylation sites (tertiary alicyclic amines) is 1. The first kappa shape index (κ1) is 26.5. The van der Waals surface area contributed by atoms with E-state index < -0.39 is 0 Å². The number of carbonyl (C=O) groups is 1. The van der Waals surface area contributed by atoms with Crippen LogP contribution in [0.3, 0.4) is 0 Å². The van der Waals surface area contributed by atoms with E-state index >= 15 is 0 Å². The number of benzene rings is 3. The smallest absolute Gasteiger partial charge is 0.226 e. The summed E-state index contributed by atoms with van der Waals surface area (Å²) in [7, 11) is 0. The highest BCUT2D eigenvalue weighted by atomic mass is 35.5. The summed E-state index contributed by atoms with van der Waals surface area (Å²) in [5.74, 6) is 1.34. The predicted molar refractivity (Wildman–Crippen MR) is 149 cm³/mol. The number of ether oxygens (including phenoxy) is 1. The molecule has 1 amide bonds. The molecule has 3 aromatic rings. The number of hydrogen-bond donors (Lipinski definition) is 1.